The van der Waals surface area contributed by atoms with Gasteiger partial charge < -0.3 is 0 Å². The van der Waals surface area contributed by atoms with E-state index in [1.54, 1.807) is 14.3 Å². The second-order valence-electron chi connectivity index (χ2n) is 7.83. The molecule has 0 bridgehead atoms. The van der Waals surface area contributed by atoms with Crippen LogP contribution in [0.5, 0.6) is 0 Å². The van der Waals surface area contributed by atoms with Gasteiger partial charge in [0.1, 0.15) is 0 Å². The van der Waals surface area contributed by atoms with Crippen molar-refractivity contribution < 1.29 is 19.8 Å². The summed E-state index contributed by atoms with van der Waals surface area (Å²) in [7, 11) is 0. The molecule has 2 aliphatic rings. The zero-order chi connectivity index (χ0) is 16.9. The fourth-order valence-corrected chi connectivity index (χ4v) is 10.7. The van der Waals surface area contributed by atoms with Crippen LogP contribution in [0.15, 0.2) is 60.7 Å². The summed E-state index contributed by atoms with van der Waals surface area (Å²) < 4.78 is 7.55. The Bertz CT molecular complexity index is 930. The minimum absolute atomic E-state index is 0.633. The zero-order valence-corrected chi connectivity index (χ0v) is 17.5. The van der Waals surface area contributed by atoms with Crippen molar-refractivity contribution >= 4 is 8.78 Å². The average molecular weight is 393 g/mol. The molecule has 0 aliphatic heterocycles. The Morgan fingerprint density at radius 1 is 0.917 bits per heavy atom. The van der Waals surface area contributed by atoms with E-state index in [1.165, 1.54) is 22.3 Å². The molecule has 0 amide bonds. The Balaban J connectivity index is 2.06. The van der Waals surface area contributed by atoms with Crippen molar-refractivity contribution in [1.29, 1.82) is 0 Å². The Labute approximate surface area is 149 Å². The monoisotopic (exact) mass is 391 g/mol. The van der Waals surface area contributed by atoms with Crippen LogP contribution in [0.25, 0.3) is 16.7 Å². The van der Waals surface area contributed by atoms with E-state index >= 15 is 0 Å². The van der Waals surface area contributed by atoms with E-state index in [0.29, 0.717) is 3.63 Å². The van der Waals surface area contributed by atoms with E-state index in [9.17, 15) is 0 Å². The molecule has 0 saturated heterocycles. The van der Waals surface area contributed by atoms with E-state index in [-0.39, 0.29) is 0 Å². The maximum absolute atomic E-state index is 2.61. The molecule has 2 aliphatic carbocycles. The molecule has 4 rings (SSSR count). The summed E-state index contributed by atoms with van der Waals surface area (Å²) >= 11 is -2.43. The van der Waals surface area contributed by atoms with Gasteiger partial charge in [-0.2, -0.15) is 0 Å². The van der Waals surface area contributed by atoms with Crippen LogP contribution < -0.4 is 0 Å². The molecule has 0 aromatic heterocycles. The summed E-state index contributed by atoms with van der Waals surface area (Å²) in [5.74, 6) is 0. The molecule has 2 aromatic carbocycles. The SMILES string of the molecule is C[C](C)=[Zr]([CH3])([CH3])[CH]1c2ccccc2-c2cccc(C3=CC=CC3)c21. The van der Waals surface area contributed by atoms with Gasteiger partial charge in [0.05, 0.1) is 0 Å². The molecule has 1 unspecified atom stereocenters. The van der Waals surface area contributed by atoms with Crippen LogP contribution in [0, 0.1) is 0 Å². The third-order valence-corrected chi connectivity index (χ3v) is 17.4. The molecular formula is C23H25Zr. The topological polar surface area (TPSA) is 0 Å². The van der Waals surface area contributed by atoms with Gasteiger partial charge in [0.25, 0.3) is 0 Å². The normalized spacial score (nSPS) is 18.3. The van der Waals surface area contributed by atoms with E-state index < -0.39 is 19.8 Å². The fourth-order valence-electron chi connectivity index (χ4n) is 4.23. The summed E-state index contributed by atoms with van der Waals surface area (Å²) in [5.41, 5.74) is 9.12. The second kappa shape index (κ2) is 5.88. The first kappa shape index (κ1) is 16.2. The van der Waals surface area contributed by atoms with Crippen molar-refractivity contribution in [2.24, 2.45) is 0 Å². The van der Waals surface area contributed by atoms with Crippen molar-refractivity contribution in [3.8, 4) is 11.1 Å². The van der Waals surface area contributed by atoms with Crippen LogP contribution in [0.2, 0.25) is 9.26 Å². The molecule has 0 radical (unpaired) electrons. The third kappa shape index (κ3) is 2.32. The average Bonchev–Trinajstić information content (AvgIpc) is 3.20. The van der Waals surface area contributed by atoms with Crippen molar-refractivity contribution in [2.75, 3.05) is 0 Å². The number of hydrogen-bond donors (Lipinski definition) is 0. The molecule has 0 fully saturated rings. The van der Waals surface area contributed by atoms with Crippen LogP contribution in [0.3, 0.4) is 0 Å². The molecule has 0 nitrogen and oxygen atoms in total. The summed E-state index contributed by atoms with van der Waals surface area (Å²) in [6.45, 7) is 4.74. The van der Waals surface area contributed by atoms with Crippen LogP contribution in [-0.4, -0.2) is 3.21 Å². The predicted molar refractivity (Wildman–Crippen MR) is 104 cm³/mol. The number of allylic oxidation sites excluding steroid dienone is 4. The van der Waals surface area contributed by atoms with Crippen molar-refractivity contribution in [1.82, 2.24) is 0 Å². The van der Waals surface area contributed by atoms with E-state index in [0.717, 1.165) is 6.42 Å². The molecule has 0 saturated carbocycles. The second-order valence-corrected chi connectivity index (χ2v) is 20.2. The van der Waals surface area contributed by atoms with Gasteiger partial charge in [0, 0.05) is 0 Å². The Morgan fingerprint density at radius 2 is 1.62 bits per heavy atom. The molecule has 0 N–H and O–H groups in total. The number of fused-ring (bicyclic) bond motifs is 3. The van der Waals surface area contributed by atoms with E-state index in [1.807, 2.05) is 0 Å². The summed E-state index contributed by atoms with van der Waals surface area (Å²) in [6.07, 6.45) is 7.86. The van der Waals surface area contributed by atoms with Gasteiger partial charge in [-0.3, -0.25) is 0 Å². The first-order chi connectivity index (χ1) is 11.5. The van der Waals surface area contributed by atoms with Gasteiger partial charge in [-0.15, -0.1) is 0 Å². The Kier molecular flexibility index (Phi) is 3.96. The molecule has 0 heterocycles. The molecule has 1 heteroatoms. The van der Waals surface area contributed by atoms with Crippen molar-refractivity contribution in [2.45, 2.75) is 33.2 Å². The summed E-state index contributed by atoms with van der Waals surface area (Å²) in [4.78, 5) is 0. The van der Waals surface area contributed by atoms with Gasteiger partial charge in [-0.05, 0) is 0 Å². The number of benzene rings is 2. The molecule has 0 spiro atoms. The first-order valence-corrected chi connectivity index (χ1v) is 16.5. The molecule has 121 valence electrons. The third-order valence-electron chi connectivity index (χ3n) is 6.08. The fraction of sp³-hybridized carbons (Fsp3) is 0.261. The maximum atomic E-state index is 2.61. The molecular weight excluding hydrogens is 367 g/mol. The summed E-state index contributed by atoms with van der Waals surface area (Å²) in [6, 6.07) is 16.1. The van der Waals surface area contributed by atoms with Crippen LogP contribution in [0.4, 0.5) is 0 Å². The van der Waals surface area contributed by atoms with Crippen LogP contribution in [0.1, 0.15) is 40.6 Å². The van der Waals surface area contributed by atoms with Crippen LogP contribution >= 0.6 is 0 Å². The van der Waals surface area contributed by atoms with E-state index in [2.05, 4.69) is 83.8 Å². The zero-order valence-electron chi connectivity index (χ0n) is 15.1. The summed E-state index contributed by atoms with van der Waals surface area (Å²) in [5, 5.41) is 0. The van der Waals surface area contributed by atoms with Crippen molar-refractivity contribution in [3.05, 3.63) is 77.4 Å². The molecule has 1 atom stereocenters. The van der Waals surface area contributed by atoms with Gasteiger partial charge in [0.15, 0.2) is 0 Å². The predicted octanol–water partition coefficient (Wildman–Crippen LogP) is 6.56. The molecule has 24 heavy (non-hydrogen) atoms. The number of hydrogen-bond acceptors (Lipinski definition) is 0. The Morgan fingerprint density at radius 3 is 2.33 bits per heavy atom. The quantitative estimate of drug-likeness (QED) is 0.543. The first-order valence-electron chi connectivity index (χ1n) is 8.90. The van der Waals surface area contributed by atoms with Gasteiger partial charge in [-0.25, -0.2) is 0 Å². The Hall–Kier alpha value is -1.33. The molecule has 2 aromatic rings. The van der Waals surface area contributed by atoms with Gasteiger partial charge in [-0.1, -0.05) is 0 Å². The van der Waals surface area contributed by atoms with Gasteiger partial charge >= 0.3 is 150 Å². The van der Waals surface area contributed by atoms with Crippen LogP contribution in [-0.2, 0) is 19.8 Å². The minimum atomic E-state index is -2.43. The standard InChI is InChI=1S/C18H13.C3H6.2CH3.Zr/c1-2-7-13(6-1)15-10-5-11-17-16-9-4-3-8-14(16)12-18(15)17;1-3-2;;;/h1-6,8-12H,7H2;1-2H3;2*1H3;. The number of rotatable bonds is 2. The van der Waals surface area contributed by atoms with Crippen molar-refractivity contribution in [3.63, 3.8) is 0 Å². The van der Waals surface area contributed by atoms with E-state index in [4.69, 9.17) is 0 Å². The van der Waals surface area contributed by atoms with Gasteiger partial charge in [0.2, 0.25) is 0 Å².